The predicted molar refractivity (Wildman–Crippen MR) is 68.9 cm³/mol. The van der Waals surface area contributed by atoms with E-state index in [2.05, 4.69) is 5.48 Å². The number of hydrogen-bond donors (Lipinski definition) is 2. The first kappa shape index (κ1) is 13.3. The molecule has 1 aromatic rings. The van der Waals surface area contributed by atoms with Crippen molar-refractivity contribution >= 4 is 17.7 Å². The molecule has 3 N–H and O–H groups in total. The van der Waals surface area contributed by atoms with Crippen molar-refractivity contribution in [1.82, 2.24) is 5.48 Å². The molecule has 0 spiro atoms. The fourth-order valence-electron chi connectivity index (χ4n) is 1.02. The number of hydrogen-bond acceptors (Lipinski definition) is 3. The topological polar surface area (TPSA) is 64.3 Å². The quantitative estimate of drug-likeness (QED) is 0.478. The van der Waals surface area contributed by atoms with E-state index in [1.165, 1.54) is 6.08 Å². The molecule has 0 aromatic heterocycles. The summed E-state index contributed by atoms with van der Waals surface area (Å²) in [5.74, 6) is -0.295. The van der Waals surface area contributed by atoms with Gasteiger partial charge in [-0.05, 0) is 44.5 Å². The highest BCUT2D eigenvalue weighted by Gasteiger charge is 2.11. The van der Waals surface area contributed by atoms with Crippen LogP contribution in [-0.4, -0.2) is 11.5 Å². The number of nitrogen functional groups attached to an aromatic ring is 1. The summed E-state index contributed by atoms with van der Waals surface area (Å²) in [4.78, 5) is 16.5. The van der Waals surface area contributed by atoms with E-state index in [1.807, 2.05) is 32.9 Å². The normalized spacial score (nSPS) is 11.7. The summed E-state index contributed by atoms with van der Waals surface area (Å²) in [6.45, 7) is 5.57. The zero-order valence-electron chi connectivity index (χ0n) is 10.4. The lowest BCUT2D eigenvalue weighted by molar-refractivity contribution is -0.140. The number of rotatable bonds is 3. The highest BCUT2D eigenvalue weighted by molar-refractivity contribution is 5.91. The molecule has 0 aliphatic carbocycles. The number of carbonyl (C=O) groups is 1. The van der Waals surface area contributed by atoms with E-state index in [-0.39, 0.29) is 5.91 Å². The van der Waals surface area contributed by atoms with Crippen molar-refractivity contribution in [3.05, 3.63) is 35.9 Å². The van der Waals surface area contributed by atoms with Crippen molar-refractivity contribution < 1.29 is 9.63 Å². The zero-order valence-corrected chi connectivity index (χ0v) is 10.4. The fourth-order valence-corrected chi connectivity index (χ4v) is 1.02. The smallest absolute Gasteiger partial charge is 0.267 e. The Balaban J connectivity index is 2.48. The van der Waals surface area contributed by atoms with Gasteiger partial charge in [0.25, 0.3) is 5.91 Å². The van der Waals surface area contributed by atoms with Crippen LogP contribution in [0.3, 0.4) is 0 Å². The van der Waals surface area contributed by atoms with E-state index in [9.17, 15) is 4.79 Å². The summed E-state index contributed by atoms with van der Waals surface area (Å²) in [6.07, 6.45) is 3.11. The Morgan fingerprint density at radius 2 is 1.88 bits per heavy atom. The van der Waals surface area contributed by atoms with Crippen LogP contribution in [0.25, 0.3) is 6.08 Å². The maximum atomic E-state index is 11.4. The van der Waals surface area contributed by atoms with E-state index in [0.717, 1.165) is 5.56 Å². The summed E-state index contributed by atoms with van der Waals surface area (Å²) in [5.41, 5.74) is 9.11. The number of nitrogens with two attached hydrogens (primary N) is 1. The first-order chi connectivity index (χ1) is 7.87. The van der Waals surface area contributed by atoms with Crippen molar-refractivity contribution in [2.24, 2.45) is 0 Å². The van der Waals surface area contributed by atoms with Gasteiger partial charge < -0.3 is 5.73 Å². The lowest BCUT2D eigenvalue weighted by atomic mass is 10.2. The molecule has 4 heteroatoms. The van der Waals surface area contributed by atoms with Crippen LogP contribution in [0, 0.1) is 0 Å². The molecule has 17 heavy (non-hydrogen) atoms. The Hall–Kier alpha value is -1.81. The van der Waals surface area contributed by atoms with E-state index in [1.54, 1.807) is 18.2 Å². The molecule has 0 atom stereocenters. The number of carbonyl (C=O) groups excluding carboxylic acids is 1. The van der Waals surface area contributed by atoms with E-state index in [0.29, 0.717) is 5.69 Å². The zero-order chi connectivity index (χ0) is 12.9. The summed E-state index contributed by atoms with van der Waals surface area (Å²) in [5, 5.41) is 0. The predicted octanol–water partition coefficient (Wildman–Crippen LogP) is 2.13. The van der Waals surface area contributed by atoms with Gasteiger partial charge in [0.1, 0.15) is 0 Å². The van der Waals surface area contributed by atoms with Gasteiger partial charge in [-0.3, -0.25) is 9.63 Å². The molecule has 1 amide bonds. The molecule has 0 aliphatic heterocycles. The Kier molecular flexibility index (Phi) is 4.29. The van der Waals surface area contributed by atoms with Crippen LogP contribution < -0.4 is 11.2 Å². The van der Waals surface area contributed by atoms with Gasteiger partial charge in [0, 0.05) is 11.8 Å². The highest BCUT2D eigenvalue weighted by Crippen LogP contribution is 2.07. The molecule has 0 saturated heterocycles. The molecule has 0 radical (unpaired) electrons. The molecule has 0 unspecified atom stereocenters. The van der Waals surface area contributed by atoms with Gasteiger partial charge in [-0.1, -0.05) is 12.1 Å². The van der Waals surface area contributed by atoms with Gasteiger partial charge in [-0.15, -0.1) is 0 Å². The number of benzene rings is 1. The van der Waals surface area contributed by atoms with Gasteiger partial charge in [-0.25, -0.2) is 5.48 Å². The maximum absolute atomic E-state index is 11.4. The van der Waals surface area contributed by atoms with Gasteiger partial charge in [0.05, 0.1) is 5.60 Å². The molecule has 0 heterocycles. The minimum atomic E-state index is -0.398. The monoisotopic (exact) mass is 234 g/mol. The minimum absolute atomic E-state index is 0.295. The third-order valence-electron chi connectivity index (χ3n) is 1.82. The summed E-state index contributed by atoms with van der Waals surface area (Å²) in [7, 11) is 0. The molecule has 1 aromatic carbocycles. The van der Waals surface area contributed by atoms with Crippen molar-refractivity contribution in [1.29, 1.82) is 0 Å². The van der Waals surface area contributed by atoms with Crippen LogP contribution in [0.2, 0.25) is 0 Å². The van der Waals surface area contributed by atoms with E-state index in [4.69, 9.17) is 10.6 Å². The Labute approximate surface area is 101 Å². The number of anilines is 1. The third-order valence-corrected chi connectivity index (χ3v) is 1.82. The fraction of sp³-hybridized carbons (Fsp3) is 0.308. The number of hydroxylamine groups is 1. The van der Waals surface area contributed by atoms with Gasteiger partial charge >= 0.3 is 0 Å². The maximum Gasteiger partial charge on any atom is 0.267 e. The van der Waals surface area contributed by atoms with Crippen molar-refractivity contribution in [3.8, 4) is 0 Å². The molecule has 4 nitrogen and oxygen atoms in total. The molecule has 1 rings (SSSR count). The number of nitrogens with one attached hydrogen (secondary N) is 1. The highest BCUT2D eigenvalue weighted by atomic mass is 16.7. The second kappa shape index (κ2) is 5.50. The Morgan fingerprint density at radius 3 is 2.41 bits per heavy atom. The third kappa shape index (κ3) is 5.73. The number of amides is 1. The Bertz CT molecular complexity index is 402. The largest absolute Gasteiger partial charge is 0.399 e. The first-order valence-corrected chi connectivity index (χ1v) is 5.38. The first-order valence-electron chi connectivity index (χ1n) is 5.38. The summed E-state index contributed by atoms with van der Waals surface area (Å²) >= 11 is 0. The van der Waals surface area contributed by atoms with Crippen LogP contribution in [0.4, 0.5) is 5.69 Å². The van der Waals surface area contributed by atoms with Crippen LogP contribution in [0.5, 0.6) is 0 Å². The SMILES string of the molecule is CC(C)(C)ONC(=O)/C=C/c1ccc(N)cc1. The molecule has 0 aliphatic rings. The average molecular weight is 234 g/mol. The second-order valence-electron chi connectivity index (χ2n) is 4.68. The summed E-state index contributed by atoms with van der Waals surface area (Å²) in [6, 6.07) is 7.24. The van der Waals surface area contributed by atoms with Crippen LogP contribution in [0.1, 0.15) is 26.3 Å². The Morgan fingerprint density at radius 1 is 1.29 bits per heavy atom. The molecule has 0 saturated carbocycles. The molecule has 0 bridgehead atoms. The van der Waals surface area contributed by atoms with Gasteiger partial charge in [0.2, 0.25) is 0 Å². The summed E-state index contributed by atoms with van der Waals surface area (Å²) < 4.78 is 0. The van der Waals surface area contributed by atoms with Crippen molar-refractivity contribution in [2.75, 3.05) is 5.73 Å². The van der Waals surface area contributed by atoms with Gasteiger partial charge in [-0.2, -0.15) is 0 Å². The lowest BCUT2D eigenvalue weighted by Crippen LogP contribution is -2.32. The molecular formula is C13H18N2O2. The molecular weight excluding hydrogens is 216 g/mol. The minimum Gasteiger partial charge on any atom is -0.399 e. The molecule has 92 valence electrons. The lowest BCUT2D eigenvalue weighted by Gasteiger charge is -2.17. The van der Waals surface area contributed by atoms with Crippen molar-refractivity contribution in [3.63, 3.8) is 0 Å². The van der Waals surface area contributed by atoms with Crippen LogP contribution in [0.15, 0.2) is 30.3 Å². The van der Waals surface area contributed by atoms with E-state index < -0.39 is 5.60 Å². The van der Waals surface area contributed by atoms with Crippen LogP contribution >= 0.6 is 0 Å². The standard InChI is InChI=1S/C13H18N2O2/c1-13(2,3)17-15-12(16)9-6-10-4-7-11(14)8-5-10/h4-9H,14H2,1-3H3,(H,15,16)/b9-6+. The van der Waals surface area contributed by atoms with Crippen LogP contribution in [-0.2, 0) is 9.63 Å². The van der Waals surface area contributed by atoms with Gasteiger partial charge in [0.15, 0.2) is 0 Å². The van der Waals surface area contributed by atoms with E-state index >= 15 is 0 Å². The second-order valence-corrected chi connectivity index (χ2v) is 4.68. The van der Waals surface area contributed by atoms with Crippen molar-refractivity contribution in [2.45, 2.75) is 26.4 Å². The molecule has 0 fully saturated rings. The average Bonchev–Trinajstić information content (AvgIpc) is 2.25.